The fraction of sp³-hybridized carbons (Fsp3) is 1.00. The third-order valence-electron chi connectivity index (χ3n) is 4.90. The van der Waals surface area contributed by atoms with E-state index in [-0.39, 0.29) is 0 Å². The van der Waals surface area contributed by atoms with Gasteiger partial charge in [-0.1, -0.05) is 26.7 Å². The molecule has 0 aromatic carbocycles. The van der Waals surface area contributed by atoms with Gasteiger partial charge in [-0.25, -0.2) is 0 Å². The highest BCUT2D eigenvalue weighted by Gasteiger charge is 2.42. The minimum absolute atomic E-state index is 0.473. The van der Waals surface area contributed by atoms with E-state index in [0.717, 1.165) is 12.5 Å². The number of piperazine rings is 1. The Morgan fingerprint density at radius 3 is 2.68 bits per heavy atom. The average molecular weight is 268 g/mol. The second-order valence-corrected chi connectivity index (χ2v) is 6.93. The molecule has 19 heavy (non-hydrogen) atoms. The molecule has 0 aromatic rings. The number of ether oxygens (including phenoxy) is 1. The van der Waals surface area contributed by atoms with Gasteiger partial charge in [0.05, 0.1) is 0 Å². The molecule has 2 fully saturated rings. The van der Waals surface area contributed by atoms with Crippen LogP contribution < -0.4 is 5.32 Å². The molecule has 1 unspecified atom stereocenters. The lowest BCUT2D eigenvalue weighted by molar-refractivity contribution is 0.0314. The maximum atomic E-state index is 5.23. The Morgan fingerprint density at radius 2 is 2.05 bits per heavy atom. The van der Waals surface area contributed by atoms with Crippen LogP contribution in [0, 0.1) is 5.92 Å². The molecular formula is C16H32N2O. The molecule has 0 aromatic heterocycles. The second kappa shape index (κ2) is 7.05. The summed E-state index contributed by atoms with van der Waals surface area (Å²) in [4.78, 5) is 2.79. The van der Waals surface area contributed by atoms with Crippen molar-refractivity contribution in [3.05, 3.63) is 0 Å². The van der Waals surface area contributed by atoms with Gasteiger partial charge in [0.2, 0.25) is 0 Å². The highest BCUT2D eigenvalue weighted by molar-refractivity contribution is 5.01. The number of methoxy groups -OCH3 is 1. The Bertz CT molecular complexity index is 261. The topological polar surface area (TPSA) is 24.5 Å². The Labute approximate surface area is 119 Å². The molecule has 1 atom stereocenters. The number of hydrogen-bond donors (Lipinski definition) is 1. The fourth-order valence-corrected chi connectivity index (χ4v) is 3.95. The van der Waals surface area contributed by atoms with Gasteiger partial charge in [-0.2, -0.15) is 0 Å². The fourth-order valence-electron chi connectivity index (χ4n) is 3.95. The zero-order valence-corrected chi connectivity index (χ0v) is 13.1. The van der Waals surface area contributed by atoms with E-state index >= 15 is 0 Å². The predicted molar refractivity (Wildman–Crippen MR) is 80.5 cm³/mol. The normalized spacial score (nSPS) is 27.5. The van der Waals surface area contributed by atoms with Gasteiger partial charge in [0.1, 0.15) is 0 Å². The van der Waals surface area contributed by atoms with Crippen molar-refractivity contribution in [1.82, 2.24) is 10.2 Å². The first-order valence-corrected chi connectivity index (χ1v) is 8.14. The SMILES string of the molecule is COCCCN1CC(CC(C)C)NCC12CCCC2. The van der Waals surface area contributed by atoms with Crippen LogP contribution in [-0.2, 0) is 4.74 Å². The minimum atomic E-state index is 0.473. The third-order valence-corrected chi connectivity index (χ3v) is 4.90. The van der Waals surface area contributed by atoms with Crippen molar-refractivity contribution in [3.63, 3.8) is 0 Å². The maximum Gasteiger partial charge on any atom is 0.0474 e. The average Bonchev–Trinajstić information content (AvgIpc) is 2.83. The van der Waals surface area contributed by atoms with E-state index < -0.39 is 0 Å². The summed E-state index contributed by atoms with van der Waals surface area (Å²) in [6, 6.07) is 0.689. The van der Waals surface area contributed by atoms with Crippen LogP contribution in [0.5, 0.6) is 0 Å². The molecule has 2 aliphatic rings. The van der Waals surface area contributed by atoms with Gasteiger partial charge in [-0.05, 0) is 31.6 Å². The summed E-state index contributed by atoms with van der Waals surface area (Å²) in [5.41, 5.74) is 0.473. The van der Waals surface area contributed by atoms with Gasteiger partial charge in [0.25, 0.3) is 0 Å². The molecule has 1 saturated carbocycles. The second-order valence-electron chi connectivity index (χ2n) is 6.93. The molecule has 1 N–H and O–H groups in total. The zero-order valence-electron chi connectivity index (χ0n) is 13.1. The maximum absolute atomic E-state index is 5.23. The molecule has 3 nitrogen and oxygen atoms in total. The molecule has 1 saturated heterocycles. The molecule has 0 bridgehead atoms. The standard InChI is InChI=1S/C16H32N2O/c1-14(2)11-15-12-18(9-6-10-19-3)16(13-17-15)7-4-5-8-16/h14-15,17H,4-13H2,1-3H3. The summed E-state index contributed by atoms with van der Waals surface area (Å²) < 4.78 is 5.23. The van der Waals surface area contributed by atoms with Crippen molar-refractivity contribution >= 4 is 0 Å². The minimum Gasteiger partial charge on any atom is -0.385 e. The first kappa shape index (κ1) is 15.3. The molecule has 1 aliphatic carbocycles. The lowest BCUT2D eigenvalue weighted by Crippen LogP contribution is -2.63. The number of nitrogens with one attached hydrogen (secondary N) is 1. The largest absolute Gasteiger partial charge is 0.385 e. The summed E-state index contributed by atoms with van der Waals surface area (Å²) >= 11 is 0. The van der Waals surface area contributed by atoms with Crippen molar-refractivity contribution in [2.24, 2.45) is 5.92 Å². The third kappa shape index (κ3) is 3.93. The van der Waals surface area contributed by atoms with Crippen molar-refractivity contribution < 1.29 is 4.74 Å². The summed E-state index contributed by atoms with van der Waals surface area (Å²) in [6.45, 7) is 9.21. The van der Waals surface area contributed by atoms with Gasteiger partial charge in [0.15, 0.2) is 0 Å². The van der Waals surface area contributed by atoms with Crippen molar-refractivity contribution in [2.45, 2.75) is 64.0 Å². The highest BCUT2D eigenvalue weighted by Crippen LogP contribution is 2.37. The molecular weight excluding hydrogens is 236 g/mol. The van der Waals surface area contributed by atoms with Crippen LogP contribution in [0.4, 0.5) is 0 Å². The van der Waals surface area contributed by atoms with Crippen molar-refractivity contribution in [2.75, 3.05) is 33.4 Å². The Kier molecular flexibility index (Phi) is 5.67. The van der Waals surface area contributed by atoms with E-state index in [2.05, 4.69) is 24.1 Å². The monoisotopic (exact) mass is 268 g/mol. The van der Waals surface area contributed by atoms with Crippen LogP contribution in [0.3, 0.4) is 0 Å². The first-order chi connectivity index (χ1) is 9.16. The molecule has 112 valence electrons. The molecule has 1 spiro atoms. The Balaban J connectivity index is 1.93. The lowest BCUT2D eigenvalue weighted by Gasteiger charge is -2.49. The lowest BCUT2D eigenvalue weighted by atomic mass is 9.89. The van der Waals surface area contributed by atoms with Crippen LogP contribution in [-0.4, -0.2) is 49.8 Å². The molecule has 0 amide bonds. The summed E-state index contributed by atoms with van der Waals surface area (Å²) in [6.07, 6.45) is 8.08. The number of rotatable bonds is 6. The van der Waals surface area contributed by atoms with Crippen LogP contribution in [0.15, 0.2) is 0 Å². The van der Waals surface area contributed by atoms with E-state index in [4.69, 9.17) is 4.74 Å². The Morgan fingerprint density at radius 1 is 1.32 bits per heavy atom. The van der Waals surface area contributed by atoms with Crippen LogP contribution >= 0.6 is 0 Å². The number of hydrogen-bond acceptors (Lipinski definition) is 3. The summed E-state index contributed by atoms with van der Waals surface area (Å²) in [5.74, 6) is 0.788. The van der Waals surface area contributed by atoms with Crippen LogP contribution in [0.25, 0.3) is 0 Å². The van der Waals surface area contributed by atoms with Crippen LogP contribution in [0.2, 0.25) is 0 Å². The Hall–Kier alpha value is -0.120. The van der Waals surface area contributed by atoms with Crippen molar-refractivity contribution in [1.29, 1.82) is 0 Å². The quantitative estimate of drug-likeness (QED) is 0.750. The van der Waals surface area contributed by atoms with Gasteiger partial charge >= 0.3 is 0 Å². The molecule has 1 heterocycles. The van der Waals surface area contributed by atoms with Gasteiger partial charge in [-0.3, -0.25) is 4.90 Å². The highest BCUT2D eigenvalue weighted by atomic mass is 16.5. The van der Waals surface area contributed by atoms with E-state index in [0.29, 0.717) is 11.6 Å². The van der Waals surface area contributed by atoms with E-state index in [1.54, 1.807) is 0 Å². The molecule has 0 radical (unpaired) electrons. The van der Waals surface area contributed by atoms with E-state index in [9.17, 15) is 0 Å². The molecule has 2 rings (SSSR count). The smallest absolute Gasteiger partial charge is 0.0474 e. The van der Waals surface area contributed by atoms with Crippen molar-refractivity contribution in [3.8, 4) is 0 Å². The van der Waals surface area contributed by atoms with Gasteiger partial charge in [0, 0.05) is 44.9 Å². The van der Waals surface area contributed by atoms with E-state index in [1.807, 2.05) is 7.11 Å². The first-order valence-electron chi connectivity index (χ1n) is 8.14. The van der Waals surface area contributed by atoms with Gasteiger partial charge < -0.3 is 10.1 Å². The molecule has 3 heteroatoms. The van der Waals surface area contributed by atoms with Crippen LogP contribution in [0.1, 0.15) is 52.4 Å². The number of nitrogens with zero attached hydrogens (tertiary/aromatic N) is 1. The summed E-state index contributed by atoms with van der Waals surface area (Å²) in [7, 11) is 1.81. The summed E-state index contributed by atoms with van der Waals surface area (Å²) in [5, 5.41) is 3.83. The molecule has 1 aliphatic heterocycles. The predicted octanol–water partition coefficient (Wildman–Crippen LogP) is 2.66. The van der Waals surface area contributed by atoms with E-state index in [1.165, 1.54) is 58.2 Å². The van der Waals surface area contributed by atoms with Gasteiger partial charge in [-0.15, -0.1) is 0 Å². The zero-order chi connectivity index (χ0) is 13.7.